The molecule has 3 rings (SSSR count). The summed E-state index contributed by atoms with van der Waals surface area (Å²) in [6, 6.07) is 14.8. The van der Waals surface area contributed by atoms with Crippen molar-refractivity contribution in [3.8, 4) is 23.0 Å². The molecule has 3 aromatic rings. The number of carbonyl (C=O) groups excluding carboxylic acids is 2. The maximum absolute atomic E-state index is 14.3. The summed E-state index contributed by atoms with van der Waals surface area (Å²) in [5, 5.41) is 3.00. The number of nitrogens with zero attached hydrogens (tertiary/aromatic N) is 2. The third kappa shape index (κ3) is 7.86. The SMILES string of the molecule is CCNC(=O)[C@@H](CC)N(Cc1cccc(OC)c1)C(=O)CN(c1cc(Cl)ccc1OC)S(=O)(=O)c1ccc(OC)c(OC)c1. The first kappa shape index (κ1) is 34.3. The number of hydrogen-bond donors (Lipinski definition) is 1. The van der Waals surface area contributed by atoms with Crippen molar-refractivity contribution >= 4 is 39.1 Å². The zero-order chi connectivity index (χ0) is 32.4. The van der Waals surface area contributed by atoms with Gasteiger partial charge in [-0.25, -0.2) is 8.42 Å². The molecule has 0 aliphatic carbocycles. The van der Waals surface area contributed by atoms with Crippen molar-refractivity contribution < 1.29 is 37.0 Å². The van der Waals surface area contributed by atoms with Crippen LogP contribution in [0.1, 0.15) is 25.8 Å². The second kappa shape index (κ2) is 15.5. The van der Waals surface area contributed by atoms with Crippen LogP contribution in [-0.2, 0) is 26.2 Å². The third-order valence-corrected chi connectivity index (χ3v) is 8.85. The molecule has 0 heterocycles. The Morgan fingerprint density at radius 1 is 0.864 bits per heavy atom. The number of ether oxygens (including phenoxy) is 4. The molecular weight excluding hydrogens is 610 g/mol. The quantitative estimate of drug-likeness (QED) is 0.256. The molecule has 0 saturated heterocycles. The summed E-state index contributed by atoms with van der Waals surface area (Å²) in [5.74, 6) is 0.257. The van der Waals surface area contributed by atoms with Crippen molar-refractivity contribution in [2.45, 2.75) is 37.8 Å². The smallest absolute Gasteiger partial charge is 0.265 e. The van der Waals surface area contributed by atoms with Crippen molar-refractivity contribution in [3.63, 3.8) is 0 Å². The van der Waals surface area contributed by atoms with Crippen molar-refractivity contribution in [3.05, 3.63) is 71.2 Å². The van der Waals surface area contributed by atoms with Gasteiger partial charge in [0.15, 0.2) is 11.5 Å². The highest BCUT2D eigenvalue weighted by Crippen LogP contribution is 2.37. The largest absolute Gasteiger partial charge is 0.497 e. The van der Waals surface area contributed by atoms with Gasteiger partial charge in [-0.3, -0.25) is 13.9 Å². The van der Waals surface area contributed by atoms with Crippen LogP contribution in [0.2, 0.25) is 5.02 Å². The Labute approximate surface area is 263 Å². The molecule has 238 valence electrons. The molecule has 0 aliphatic rings. The standard InChI is InChI=1S/C31H38ClN3O8S/c1-7-25(31(37)33-8-2)34(19-21-10-9-11-23(16-21)40-3)30(36)20-35(26-17-22(32)12-14-27(26)41-4)44(38,39)24-13-15-28(42-5)29(18-24)43-6/h9-18,25H,7-8,19-20H2,1-6H3,(H,33,37)/t25-/m1/s1. The zero-order valence-electron chi connectivity index (χ0n) is 25.6. The Kier molecular flexibility index (Phi) is 12.1. The van der Waals surface area contributed by atoms with Gasteiger partial charge in [-0.2, -0.15) is 0 Å². The zero-order valence-corrected chi connectivity index (χ0v) is 27.2. The fraction of sp³-hybridized carbons (Fsp3) is 0.355. The van der Waals surface area contributed by atoms with Crippen LogP contribution in [0.3, 0.4) is 0 Å². The first-order valence-electron chi connectivity index (χ1n) is 13.8. The number of benzene rings is 3. The van der Waals surface area contributed by atoms with Crippen molar-refractivity contribution in [1.82, 2.24) is 10.2 Å². The van der Waals surface area contributed by atoms with Crippen molar-refractivity contribution in [2.24, 2.45) is 0 Å². The fourth-order valence-electron chi connectivity index (χ4n) is 4.65. The summed E-state index contributed by atoms with van der Waals surface area (Å²) >= 11 is 6.31. The van der Waals surface area contributed by atoms with Crippen LogP contribution in [0.4, 0.5) is 5.69 Å². The average molecular weight is 648 g/mol. The number of anilines is 1. The Hall–Kier alpha value is -4.16. The molecule has 0 fully saturated rings. The second-order valence-corrected chi connectivity index (χ2v) is 11.8. The maximum Gasteiger partial charge on any atom is 0.265 e. The Bertz CT molecular complexity index is 1570. The lowest BCUT2D eigenvalue weighted by atomic mass is 10.1. The van der Waals surface area contributed by atoms with E-state index in [0.29, 0.717) is 23.6 Å². The highest BCUT2D eigenvalue weighted by atomic mass is 35.5. The summed E-state index contributed by atoms with van der Waals surface area (Å²) in [7, 11) is 1.29. The molecule has 1 atom stereocenters. The first-order chi connectivity index (χ1) is 21.0. The average Bonchev–Trinajstić information content (AvgIpc) is 3.03. The van der Waals surface area contributed by atoms with E-state index in [2.05, 4.69) is 5.32 Å². The van der Waals surface area contributed by atoms with Gasteiger partial charge < -0.3 is 29.2 Å². The summed E-state index contributed by atoms with van der Waals surface area (Å²) in [6.45, 7) is 3.26. The van der Waals surface area contributed by atoms with E-state index in [1.54, 1.807) is 44.2 Å². The summed E-state index contributed by atoms with van der Waals surface area (Å²) in [5.41, 5.74) is 0.727. The van der Waals surface area contributed by atoms with Crippen LogP contribution < -0.4 is 28.6 Å². The molecule has 13 heteroatoms. The molecule has 44 heavy (non-hydrogen) atoms. The van der Waals surface area contributed by atoms with Crippen molar-refractivity contribution in [2.75, 3.05) is 45.8 Å². The number of carbonyl (C=O) groups is 2. The number of hydrogen-bond acceptors (Lipinski definition) is 8. The third-order valence-electron chi connectivity index (χ3n) is 6.86. The second-order valence-electron chi connectivity index (χ2n) is 9.54. The lowest BCUT2D eigenvalue weighted by Crippen LogP contribution is -2.52. The van der Waals surface area contributed by atoms with E-state index < -0.39 is 28.5 Å². The molecule has 0 aliphatic heterocycles. The number of nitrogens with one attached hydrogen (secondary N) is 1. The number of rotatable bonds is 15. The van der Waals surface area contributed by atoms with Gasteiger partial charge >= 0.3 is 0 Å². The molecule has 0 saturated carbocycles. The topological polar surface area (TPSA) is 124 Å². The van der Waals surface area contributed by atoms with Crippen LogP contribution in [-0.4, -0.2) is 72.7 Å². The number of sulfonamides is 1. The molecule has 2 amide bonds. The highest BCUT2D eigenvalue weighted by Gasteiger charge is 2.35. The van der Waals surface area contributed by atoms with E-state index in [1.165, 1.54) is 63.7 Å². The highest BCUT2D eigenvalue weighted by molar-refractivity contribution is 7.92. The summed E-state index contributed by atoms with van der Waals surface area (Å²) < 4.78 is 51.0. The maximum atomic E-state index is 14.3. The Morgan fingerprint density at radius 3 is 2.16 bits per heavy atom. The van der Waals surface area contributed by atoms with Gasteiger partial charge in [-0.15, -0.1) is 0 Å². The van der Waals surface area contributed by atoms with Gasteiger partial charge in [0.2, 0.25) is 11.8 Å². The van der Waals surface area contributed by atoms with E-state index in [1.807, 2.05) is 0 Å². The molecule has 1 N–H and O–H groups in total. The van der Waals surface area contributed by atoms with E-state index in [0.717, 1.165) is 4.31 Å². The minimum absolute atomic E-state index is 0.0165. The van der Waals surface area contributed by atoms with Crippen LogP contribution in [0.15, 0.2) is 65.6 Å². The Morgan fingerprint density at radius 2 is 1.55 bits per heavy atom. The number of likely N-dealkylation sites (N-methyl/N-ethyl adjacent to an activating group) is 1. The van der Waals surface area contributed by atoms with E-state index in [-0.39, 0.29) is 46.0 Å². The fourth-order valence-corrected chi connectivity index (χ4v) is 6.25. The van der Waals surface area contributed by atoms with E-state index >= 15 is 0 Å². The van der Waals surface area contributed by atoms with E-state index in [9.17, 15) is 18.0 Å². The summed E-state index contributed by atoms with van der Waals surface area (Å²) in [4.78, 5) is 28.6. The number of halogens is 1. The number of amides is 2. The summed E-state index contributed by atoms with van der Waals surface area (Å²) in [6.07, 6.45) is 0.282. The van der Waals surface area contributed by atoms with Crippen molar-refractivity contribution in [1.29, 1.82) is 0 Å². The van der Waals surface area contributed by atoms with Gasteiger partial charge in [-0.05, 0) is 61.4 Å². The lowest BCUT2D eigenvalue weighted by molar-refractivity contribution is -0.140. The molecule has 0 aromatic heterocycles. The number of methoxy groups -OCH3 is 4. The van der Waals surface area contributed by atoms with Gasteiger partial charge in [0.1, 0.15) is 24.1 Å². The minimum atomic E-state index is -4.44. The molecule has 3 aromatic carbocycles. The first-order valence-corrected chi connectivity index (χ1v) is 15.6. The van der Waals surface area contributed by atoms with E-state index in [4.69, 9.17) is 30.5 Å². The molecule has 0 radical (unpaired) electrons. The van der Waals surface area contributed by atoms with Crippen LogP contribution in [0.5, 0.6) is 23.0 Å². The van der Waals surface area contributed by atoms with Gasteiger partial charge in [0.25, 0.3) is 10.0 Å². The predicted molar refractivity (Wildman–Crippen MR) is 168 cm³/mol. The lowest BCUT2D eigenvalue weighted by Gasteiger charge is -2.33. The monoisotopic (exact) mass is 647 g/mol. The predicted octanol–water partition coefficient (Wildman–Crippen LogP) is 4.51. The van der Waals surface area contributed by atoms with Crippen LogP contribution in [0, 0.1) is 0 Å². The minimum Gasteiger partial charge on any atom is -0.497 e. The van der Waals surface area contributed by atoms with Crippen LogP contribution >= 0.6 is 11.6 Å². The van der Waals surface area contributed by atoms with Gasteiger partial charge in [-0.1, -0.05) is 30.7 Å². The normalized spacial score (nSPS) is 11.7. The molecule has 0 spiro atoms. The molecule has 0 unspecified atom stereocenters. The Balaban J connectivity index is 2.18. The molecule has 11 nitrogen and oxygen atoms in total. The molecular formula is C31H38ClN3O8S. The van der Waals surface area contributed by atoms with Gasteiger partial charge in [0, 0.05) is 24.2 Å². The van der Waals surface area contributed by atoms with Gasteiger partial charge in [0.05, 0.1) is 39.0 Å². The molecule has 0 bridgehead atoms. The van der Waals surface area contributed by atoms with Crippen LogP contribution in [0.25, 0.3) is 0 Å².